The minimum Gasteiger partial charge on any atom is -0.423 e. The molecular formula is C52H31N9O. The molecule has 0 saturated carbocycles. The van der Waals surface area contributed by atoms with Crippen LogP contribution in [-0.2, 0) is 7.05 Å². The number of aromatic nitrogens is 9. The van der Waals surface area contributed by atoms with Crippen molar-refractivity contribution in [2.75, 3.05) is 0 Å². The van der Waals surface area contributed by atoms with Gasteiger partial charge in [0, 0.05) is 23.5 Å². The molecule has 7 heterocycles. The van der Waals surface area contributed by atoms with Gasteiger partial charge in [-0.15, -0.1) is 0 Å². The standard InChI is InChI=1S/C52H31N9O/c1-56-43-24-19-31(27-47(43)59-41-14-6-3-11-36(41)53-50(56)59)30-18-23-40-35(26-30)34-10-2-5-13-39(34)57(40)32-21-25-44-48(29-32)60-42-15-7-4-12-37(42)54-51(60)58(44)33-20-22-38-46(28-33)61-45-16-8-9-17-49(45)62-52(61)55-38/h2-29H,1H3. The van der Waals surface area contributed by atoms with Crippen LogP contribution in [0.25, 0.3) is 128 Å². The average molecular weight is 798 g/mol. The summed E-state index contributed by atoms with van der Waals surface area (Å²) in [7, 11) is 2.09. The molecule has 62 heavy (non-hydrogen) atoms. The van der Waals surface area contributed by atoms with E-state index >= 15 is 0 Å². The highest BCUT2D eigenvalue weighted by atomic mass is 16.4. The molecule has 0 N–H and O–H groups in total. The van der Waals surface area contributed by atoms with Crippen LogP contribution in [0.5, 0.6) is 0 Å². The zero-order chi connectivity index (χ0) is 40.4. The quantitative estimate of drug-likeness (QED) is 0.178. The Morgan fingerprint density at radius 2 is 0.952 bits per heavy atom. The maximum atomic E-state index is 6.15. The summed E-state index contributed by atoms with van der Waals surface area (Å²) in [4.78, 5) is 15.0. The molecule has 290 valence electrons. The Morgan fingerprint density at radius 3 is 1.79 bits per heavy atom. The summed E-state index contributed by atoms with van der Waals surface area (Å²) in [6.45, 7) is 0. The minimum atomic E-state index is 0.581. The maximum Gasteiger partial charge on any atom is 0.307 e. The molecule has 7 aromatic heterocycles. The molecule has 0 fully saturated rings. The molecule has 10 nitrogen and oxygen atoms in total. The largest absolute Gasteiger partial charge is 0.423 e. The van der Waals surface area contributed by atoms with E-state index in [-0.39, 0.29) is 0 Å². The van der Waals surface area contributed by atoms with Crippen molar-refractivity contribution in [2.24, 2.45) is 7.05 Å². The van der Waals surface area contributed by atoms with E-state index in [9.17, 15) is 0 Å². The fraction of sp³-hybridized carbons (Fsp3) is 0.0192. The maximum absolute atomic E-state index is 6.15. The third-order valence-electron chi connectivity index (χ3n) is 13.0. The van der Waals surface area contributed by atoms with Gasteiger partial charge in [-0.25, -0.2) is 9.97 Å². The van der Waals surface area contributed by atoms with Crippen LogP contribution in [-0.4, -0.2) is 41.9 Å². The highest BCUT2D eigenvalue weighted by Crippen LogP contribution is 2.39. The molecule has 0 aliphatic heterocycles. The molecule has 0 aliphatic rings. The highest BCUT2D eigenvalue weighted by Gasteiger charge is 2.22. The SMILES string of the molecule is Cn1c2ccc(-c3ccc4c(c3)c3ccccc3n4-c3ccc4c(c3)n3c5ccccc5nc3n4-c3ccc4nc5oc6ccccc6n5c4c3)cc2n2c3ccccc3nc12. The lowest BCUT2D eigenvalue weighted by Crippen LogP contribution is -1.97. The molecule has 15 aromatic rings. The minimum absolute atomic E-state index is 0.581. The first-order valence-corrected chi connectivity index (χ1v) is 20.8. The Morgan fingerprint density at radius 1 is 0.371 bits per heavy atom. The van der Waals surface area contributed by atoms with Crippen molar-refractivity contribution in [3.8, 4) is 22.5 Å². The number of imidazole rings is 5. The lowest BCUT2D eigenvalue weighted by Gasteiger charge is -2.10. The first kappa shape index (κ1) is 32.2. The lowest BCUT2D eigenvalue weighted by atomic mass is 10.0. The first-order valence-electron chi connectivity index (χ1n) is 20.8. The van der Waals surface area contributed by atoms with Crippen molar-refractivity contribution in [2.45, 2.75) is 0 Å². The van der Waals surface area contributed by atoms with Gasteiger partial charge in [-0.2, -0.15) is 4.98 Å². The second-order valence-electron chi connectivity index (χ2n) is 16.3. The van der Waals surface area contributed by atoms with E-state index in [1.807, 2.05) is 24.3 Å². The predicted octanol–water partition coefficient (Wildman–Crippen LogP) is 12.0. The number of oxazole rings is 1. The predicted molar refractivity (Wildman–Crippen MR) is 248 cm³/mol. The second-order valence-corrected chi connectivity index (χ2v) is 16.3. The van der Waals surface area contributed by atoms with Crippen molar-refractivity contribution in [3.05, 3.63) is 170 Å². The summed E-state index contributed by atoms with van der Waals surface area (Å²) in [5.74, 6) is 2.37. The number of aryl methyl sites for hydroxylation is 1. The lowest BCUT2D eigenvalue weighted by molar-refractivity contribution is 0.643. The number of hydrogen-bond donors (Lipinski definition) is 0. The molecule has 0 unspecified atom stereocenters. The van der Waals surface area contributed by atoms with Crippen molar-refractivity contribution in [3.63, 3.8) is 0 Å². The summed E-state index contributed by atoms with van der Waals surface area (Å²) in [5, 5.41) is 2.41. The van der Waals surface area contributed by atoms with Crippen LogP contribution >= 0.6 is 0 Å². The molecular weight excluding hydrogens is 767 g/mol. The van der Waals surface area contributed by atoms with Gasteiger partial charge in [0.25, 0.3) is 0 Å². The summed E-state index contributed by atoms with van der Waals surface area (Å²) in [6, 6.07) is 60.4. The number of fused-ring (bicyclic) bond motifs is 18. The third kappa shape index (κ3) is 4.05. The molecule has 0 spiro atoms. The van der Waals surface area contributed by atoms with E-state index in [1.54, 1.807) is 0 Å². The number of hydrogen-bond acceptors (Lipinski definition) is 4. The molecule has 0 bridgehead atoms. The Bertz CT molecular complexity index is 4430. The highest BCUT2D eigenvalue weighted by molar-refractivity contribution is 6.11. The van der Waals surface area contributed by atoms with Crippen molar-refractivity contribution in [1.82, 2.24) is 41.9 Å². The van der Waals surface area contributed by atoms with E-state index in [4.69, 9.17) is 19.4 Å². The number of nitrogens with zero attached hydrogens (tertiary/aromatic N) is 9. The Hall–Kier alpha value is -8.63. The van der Waals surface area contributed by atoms with Crippen LogP contribution < -0.4 is 0 Å². The first-order chi connectivity index (χ1) is 30.6. The smallest absolute Gasteiger partial charge is 0.307 e. The van der Waals surface area contributed by atoms with Crippen LogP contribution in [0.4, 0.5) is 0 Å². The molecule has 0 atom stereocenters. The Balaban J connectivity index is 0.938. The summed E-state index contributed by atoms with van der Waals surface area (Å²) < 4.78 is 19.7. The van der Waals surface area contributed by atoms with E-state index in [0.717, 1.165) is 106 Å². The fourth-order valence-electron chi connectivity index (χ4n) is 10.3. The average Bonchev–Trinajstić information content (AvgIpc) is 4.18. The van der Waals surface area contributed by atoms with Gasteiger partial charge in [0.15, 0.2) is 5.58 Å². The number of rotatable bonds is 3. The van der Waals surface area contributed by atoms with Gasteiger partial charge in [0.1, 0.15) is 0 Å². The van der Waals surface area contributed by atoms with Crippen LogP contribution in [0.3, 0.4) is 0 Å². The van der Waals surface area contributed by atoms with Gasteiger partial charge in [-0.3, -0.25) is 17.8 Å². The van der Waals surface area contributed by atoms with Gasteiger partial charge in [-0.1, -0.05) is 66.7 Å². The fourth-order valence-corrected chi connectivity index (χ4v) is 10.3. The zero-order valence-electron chi connectivity index (χ0n) is 33.1. The van der Waals surface area contributed by atoms with Gasteiger partial charge in [0.2, 0.25) is 11.6 Å². The molecule has 0 amide bonds. The van der Waals surface area contributed by atoms with Crippen molar-refractivity contribution in [1.29, 1.82) is 0 Å². The van der Waals surface area contributed by atoms with Crippen LogP contribution in [0.1, 0.15) is 0 Å². The second kappa shape index (κ2) is 11.3. The molecule has 0 radical (unpaired) electrons. The summed E-state index contributed by atoms with van der Waals surface area (Å²) in [6.07, 6.45) is 0. The zero-order valence-corrected chi connectivity index (χ0v) is 33.1. The number of para-hydroxylation sites is 7. The van der Waals surface area contributed by atoms with Crippen LogP contribution in [0.15, 0.2) is 174 Å². The molecule has 15 rings (SSSR count). The van der Waals surface area contributed by atoms with Gasteiger partial charge < -0.3 is 13.6 Å². The van der Waals surface area contributed by atoms with Crippen LogP contribution in [0.2, 0.25) is 0 Å². The van der Waals surface area contributed by atoms with E-state index in [0.29, 0.717) is 5.84 Å². The monoisotopic (exact) mass is 797 g/mol. The van der Waals surface area contributed by atoms with Crippen molar-refractivity contribution >= 4 is 105 Å². The number of benzene rings is 8. The molecule has 10 heteroatoms. The van der Waals surface area contributed by atoms with E-state index in [2.05, 4.69) is 180 Å². The Kier molecular flexibility index (Phi) is 5.90. The molecule has 0 saturated heterocycles. The van der Waals surface area contributed by atoms with Gasteiger partial charge in [0.05, 0.1) is 77.4 Å². The van der Waals surface area contributed by atoms with Gasteiger partial charge >= 0.3 is 5.84 Å². The van der Waals surface area contributed by atoms with Crippen LogP contribution in [0, 0.1) is 0 Å². The third-order valence-corrected chi connectivity index (χ3v) is 13.0. The summed E-state index contributed by atoms with van der Waals surface area (Å²) in [5.41, 5.74) is 18.9. The van der Waals surface area contributed by atoms with Gasteiger partial charge in [-0.05, 0) is 114 Å². The molecule has 8 aromatic carbocycles. The summed E-state index contributed by atoms with van der Waals surface area (Å²) >= 11 is 0. The van der Waals surface area contributed by atoms with E-state index in [1.165, 1.54) is 16.3 Å². The van der Waals surface area contributed by atoms with E-state index < -0.39 is 0 Å². The normalized spacial score (nSPS) is 12.6. The Labute approximate surface area is 349 Å². The van der Waals surface area contributed by atoms with Crippen molar-refractivity contribution < 1.29 is 4.42 Å². The molecule has 0 aliphatic carbocycles. The topological polar surface area (TPSA) is 79.8 Å².